The van der Waals surface area contributed by atoms with Gasteiger partial charge in [-0.15, -0.1) is 0 Å². The first-order valence-electron chi connectivity index (χ1n) is 5.67. The number of thiazole rings is 1. The van der Waals surface area contributed by atoms with Crippen LogP contribution < -0.4 is 9.64 Å². The average Bonchev–Trinajstić information content (AvgIpc) is 2.98. The minimum absolute atomic E-state index is 0.286. The smallest absolute Gasteiger partial charge is 0.186 e. The van der Waals surface area contributed by atoms with Gasteiger partial charge in [0.05, 0.1) is 17.3 Å². The van der Waals surface area contributed by atoms with Gasteiger partial charge in [-0.1, -0.05) is 11.3 Å². The van der Waals surface area contributed by atoms with Crippen LogP contribution in [0.1, 0.15) is 12.8 Å². The van der Waals surface area contributed by atoms with Crippen molar-refractivity contribution in [1.29, 1.82) is 0 Å². The van der Waals surface area contributed by atoms with Gasteiger partial charge in [0.1, 0.15) is 0 Å². The molecule has 2 heterocycles. The quantitative estimate of drug-likeness (QED) is 0.821. The Bertz CT molecular complexity index is 549. The fourth-order valence-electron chi connectivity index (χ4n) is 2.13. The van der Waals surface area contributed by atoms with Crippen LogP contribution in [0, 0.1) is 5.82 Å². The van der Waals surface area contributed by atoms with E-state index in [4.69, 9.17) is 4.74 Å². The molecule has 1 saturated heterocycles. The number of aromatic nitrogens is 1. The summed E-state index contributed by atoms with van der Waals surface area (Å²) in [5.41, 5.74) is 0.718. The van der Waals surface area contributed by atoms with Crippen molar-refractivity contribution in [2.24, 2.45) is 0 Å². The third kappa shape index (κ3) is 1.74. The van der Waals surface area contributed by atoms with Gasteiger partial charge in [0.15, 0.2) is 16.7 Å². The zero-order valence-corrected chi connectivity index (χ0v) is 10.4. The Balaban J connectivity index is 2.08. The van der Waals surface area contributed by atoms with Crippen molar-refractivity contribution >= 4 is 26.7 Å². The number of fused-ring (bicyclic) bond motifs is 1. The second-order valence-electron chi connectivity index (χ2n) is 4.12. The molecule has 0 unspecified atom stereocenters. The van der Waals surface area contributed by atoms with Crippen LogP contribution in [0.15, 0.2) is 12.1 Å². The topological polar surface area (TPSA) is 25.4 Å². The van der Waals surface area contributed by atoms with Crippen LogP contribution in [-0.2, 0) is 0 Å². The average molecular weight is 252 g/mol. The van der Waals surface area contributed by atoms with E-state index < -0.39 is 0 Å². The lowest BCUT2D eigenvalue weighted by Crippen LogP contribution is -2.16. The highest BCUT2D eigenvalue weighted by molar-refractivity contribution is 7.22. The van der Waals surface area contributed by atoms with Crippen LogP contribution >= 0.6 is 11.3 Å². The summed E-state index contributed by atoms with van der Waals surface area (Å²) < 4.78 is 19.6. The summed E-state index contributed by atoms with van der Waals surface area (Å²) >= 11 is 1.41. The largest absolute Gasteiger partial charge is 0.494 e. The Morgan fingerprint density at radius 2 is 2.12 bits per heavy atom. The third-order valence-corrected chi connectivity index (χ3v) is 4.17. The SMILES string of the molecule is COc1ccc2nc(N3CCCC3)sc2c1F. The molecule has 0 radical (unpaired) electrons. The van der Waals surface area contributed by atoms with E-state index in [-0.39, 0.29) is 11.6 Å². The fraction of sp³-hybridized carbons (Fsp3) is 0.417. The maximum Gasteiger partial charge on any atom is 0.186 e. The summed E-state index contributed by atoms with van der Waals surface area (Å²) in [4.78, 5) is 6.70. The Morgan fingerprint density at radius 1 is 1.35 bits per heavy atom. The monoisotopic (exact) mass is 252 g/mol. The van der Waals surface area contributed by atoms with E-state index in [1.54, 1.807) is 6.07 Å². The number of rotatable bonds is 2. The molecule has 90 valence electrons. The second-order valence-corrected chi connectivity index (χ2v) is 5.10. The van der Waals surface area contributed by atoms with Crippen molar-refractivity contribution in [3.05, 3.63) is 17.9 Å². The maximum absolute atomic E-state index is 14.0. The van der Waals surface area contributed by atoms with Crippen LogP contribution in [-0.4, -0.2) is 25.2 Å². The number of ether oxygens (including phenoxy) is 1. The highest BCUT2D eigenvalue weighted by atomic mass is 32.1. The molecule has 0 saturated carbocycles. The van der Waals surface area contributed by atoms with Crippen LogP contribution in [0.5, 0.6) is 5.75 Å². The molecule has 0 aliphatic carbocycles. The Hall–Kier alpha value is -1.36. The molecule has 3 rings (SSSR count). The lowest BCUT2D eigenvalue weighted by atomic mass is 10.3. The van der Waals surface area contributed by atoms with Gasteiger partial charge in [0, 0.05) is 13.1 Å². The zero-order chi connectivity index (χ0) is 11.8. The number of halogens is 1. The van der Waals surface area contributed by atoms with Crippen LogP contribution in [0.25, 0.3) is 10.2 Å². The van der Waals surface area contributed by atoms with Gasteiger partial charge < -0.3 is 9.64 Å². The molecule has 1 aromatic heterocycles. The van der Waals surface area contributed by atoms with Gasteiger partial charge in [0.25, 0.3) is 0 Å². The van der Waals surface area contributed by atoms with Gasteiger partial charge in [-0.2, -0.15) is 0 Å². The molecule has 5 heteroatoms. The number of benzene rings is 1. The second kappa shape index (κ2) is 4.14. The Kier molecular flexibility index (Phi) is 2.63. The molecule has 0 bridgehead atoms. The molecule has 3 nitrogen and oxygen atoms in total. The first kappa shape index (κ1) is 10.8. The van der Waals surface area contributed by atoms with E-state index in [1.807, 2.05) is 6.07 Å². The van der Waals surface area contributed by atoms with Crippen molar-refractivity contribution in [1.82, 2.24) is 4.98 Å². The van der Waals surface area contributed by atoms with Crippen LogP contribution in [0.4, 0.5) is 9.52 Å². The normalized spacial score (nSPS) is 15.8. The van der Waals surface area contributed by atoms with E-state index in [2.05, 4.69) is 9.88 Å². The molecule has 1 fully saturated rings. The number of hydrogen-bond acceptors (Lipinski definition) is 4. The Labute approximate surface area is 103 Å². The van der Waals surface area contributed by atoms with Crippen molar-refractivity contribution in [3.8, 4) is 5.75 Å². The van der Waals surface area contributed by atoms with E-state index in [1.165, 1.54) is 31.3 Å². The van der Waals surface area contributed by atoms with Gasteiger partial charge in [-0.05, 0) is 25.0 Å². The summed E-state index contributed by atoms with van der Waals surface area (Å²) in [5, 5.41) is 0.921. The molecule has 0 spiro atoms. The van der Waals surface area contributed by atoms with Crippen LogP contribution in [0.2, 0.25) is 0 Å². The molecule has 1 aliphatic rings. The molecule has 2 aromatic rings. The van der Waals surface area contributed by atoms with Gasteiger partial charge >= 0.3 is 0 Å². The third-order valence-electron chi connectivity index (χ3n) is 3.05. The minimum Gasteiger partial charge on any atom is -0.494 e. The molecule has 1 aromatic carbocycles. The first-order chi connectivity index (χ1) is 8.29. The van der Waals surface area contributed by atoms with Crippen LogP contribution in [0.3, 0.4) is 0 Å². The van der Waals surface area contributed by atoms with E-state index in [0.29, 0.717) is 4.70 Å². The summed E-state index contributed by atoms with van der Waals surface area (Å²) in [6.45, 7) is 2.05. The van der Waals surface area contributed by atoms with Crippen molar-refractivity contribution in [2.75, 3.05) is 25.1 Å². The number of nitrogens with zero attached hydrogens (tertiary/aromatic N) is 2. The molecule has 0 amide bonds. The van der Waals surface area contributed by atoms with Crippen molar-refractivity contribution in [3.63, 3.8) is 0 Å². The molecule has 0 N–H and O–H groups in total. The number of methoxy groups -OCH3 is 1. The summed E-state index contributed by atoms with van der Waals surface area (Å²) in [7, 11) is 1.48. The van der Waals surface area contributed by atoms with E-state index in [0.717, 1.165) is 23.7 Å². The highest BCUT2D eigenvalue weighted by Gasteiger charge is 2.19. The zero-order valence-electron chi connectivity index (χ0n) is 9.57. The minimum atomic E-state index is -0.298. The molecular weight excluding hydrogens is 239 g/mol. The summed E-state index contributed by atoms with van der Waals surface area (Å²) in [6.07, 6.45) is 2.39. The van der Waals surface area contributed by atoms with Crippen molar-refractivity contribution < 1.29 is 9.13 Å². The summed E-state index contributed by atoms with van der Waals surface area (Å²) in [5.74, 6) is -0.0120. The van der Waals surface area contributed by atoms with E-state index >= 15 is 0 Å². The lowest BCUT2D eigenvalue weighted by molar-refractivity contribution is 0.389. The maximum atomic E-state index is 14.0. The van der Waals surface area contributed by atoms with Gasteiger partial charge in [0.2, 0.25) is 0 Å². The van der Waals surface area contributed by atoms with Gasteiger partial charge in [-0.3, -0.25) is 0 Å². The first-order valence-corrected chi connectivity index (χ1v) is 6.49. The highest BCUT2D eigenvalue weighted by Crippen LogP contribution is 2.35. The molecule has 17 heavy (non-hydrogen) atoms. The van der Waals surface area contributed by atoms with E-state index in [9.17, 15) is 4.39 Å². The predicted molar refractivity (Wildman–Crippen MR) is 67.6 cm³/mol. The Morgan fingerprint density at radius 3 is 2.82 bits per heavy atom. The number of anilines is 1. The summed E-state index contributed by atoms with van der Waals surface area (Å²) in [6, 6.07) is 3.44. The molecular formula is C12H13FN2OS. The standard InChI is InChI=1S/C12H13FN2OS/c1-16-9-5-4-8-11(10(9)13)17-12(14-8)15-6-2-3-7-15/h4-5H,2-3,6-7H2,1H3. The molecule has 1 aliphatic heterocycles. The predicted octanol–water partition coefficient (Wildman–Crippen LogP) is 3.04. The van der Waals surface area contributed by atoms with Crippen molar-refractivity contribution in [2.45, 2.75) is 12.8 Å². The fourth-order valence-corrected chi connectivity index (χ4v) is 3.18. The molecule has 0 atom stereocenters. The number of hydrogen-bond donors (Lipinski definition) is 0. The van der Waals surface area contributed by atoms with Gasteiger partial charge in [-0.25, -0.2) is 9.37 Å². The lowest BCUT2D eigenvalue weighted by Gasteiger charge is -2.11.